The van der Waals surface area contributed by atoms with Crippen molar-refractivity contribution in [3.8, 4) is 5.82 Å². The minimum Gasteiger partial charge on any atom is -0.460 e. The van der Waals surface area contributed by atoms with Gasteiger partial charge in [-0.25, -0.2) is 14.7 Å². The fraction of sp³-hybridized carbons (Fsp3) is 0.0588. The van der Waals surface area contributed by atoms with Crippen LogP contribution in [0.3, 0.4) is 0 Å². The number of ether oxygens (including phenoxy) is 1. The number of carbonyl (C=O) groups excluding carboxylic acids is 1. The SMILES string of the molecule is O=CC1OC(c2cc(Cl)nn2-c2ncccc2Cl)=Nc2c(Cl)cc(I)cc21. The zero-order valence-corrected chi connectivity index (χ0v) is 17.7. The Morgan fingerprint density at radius 3 is 2.74 bits per heavy atom. The molecule has 0 N–H and O–H groups in total. The van der Waals surface area contributed by atoms with Gasteiger partial charge in [0.15, 0.2) is 23.4 Å². The second-order valence-corrected chi connectivity index (χ2v) is 7.94. The van der Waals surface area contributed by atoms with Crippen LogP contribution in [0.2, 0.25) is 15.2 Å². The molecule has 3 aromatic rings. The third-order valence-electron chi connectivity index (χ3n) is 3.78. The lowest BCUT2D eigenvalue weighted by atomic mass is 10.1. The first kappa shape index (κ1) is 18.7. The average Bonchev–Trinajstić information content (AvgIpc) is 3.03. The van der Waals surface area contributed by atoms with Gasteiger partial charge in [0.1, 0.15) is 5.69 Å². The number of aliphatic imine (C=N–C) groups is 1. The van der Waals surface area contributed by atoms with Gasteiger partial charge in [-0.05, 0) is 46.9 Å². The predicted molar refractivity (Wildman–Crippen MR) is 112 cm³/mol. The highest BCUT2D eigenvalue weighted by Gasteiger charge is 2.29. The molecule has 0 amide bonds. The molecule has 0 bridgehead atoms. The molecule has 2 aromatic heterocycles. The second kappa shape index (κ2) is 7.38. The lowest BCUT2D eigenvalue weighted by Crippen LogP contribution is -2.21. The van der Waals surface area contributed by atoms with Gasteiger partial charge in [-0.3, -0.25) is 4.79 Å². The van der Waals surface area contributed by atoms with Crippen molar-refractivity contribution < 1.29 is 9.53 Å². The van der Waals surface area contributed by atoms with Gasteiger partial charge in [-0.2, -0.15) is 5.10 Å². The van der Waals surface area contributed by atoms with Crippen molar-refractivity contribution in [1.82, 2.24) is 14.8 Å². The van der Waals surface area contributed by atoms with E-state index >= 15 is 0 Å². The van der Waals surface area contributed by atoms with Crippen LogP contribution in [0, 0.1) is 3.57 Å². The molecule has 0 spiro atoms. The third-order valence-corrected chi connectivity index (χ3v) is 5.17. The largest absolute Gasteiger partial charge is 0.460 e. The lowest BCUT2D eigenvalue weighted by molar-refractivity contribution is -0.114. The van der Waals surface area contributed by atoms with Crippen molar-refractivity contribution in [3.63, 3.8) is 0 Å². The van der Waals surface area contributed by atoms with E-state index in [-0.39, 0.29) is 11.1 Å². The number of fused-ring (bicyclic) bond motifs is 1. The number of carbonyl (C=O) groups is 1. The highest BCUT2D eigenvalue weighted by atomic mass is 127. The van der Waals surface area contributed by atoms with E-state index in [1.165, 1.54) is 4.68 Å². The number of aldehydes is 1. The molecule has 0 saturated carbocycles. The first-order valence-electron chi connectivity index (χ1n) is 7.54. The molecule has 0 radical (unpaired) electrons. The van der Waals surface area contributed by atoms with Crippen LogP contribution in [0.25, 0.3) is 5.82 Å². The van der Waals surface area contributed by atoms with Gasteiger partial charge in [-0.1, -0.05) is 34.8 Å². The van der Waals surface area contributed by atoms with Crippen LogP contribution in [0.4, 0.5) is 5.69 Å². The molecule has 0 fully saturated rings. The lowest BCUT2D eigenvalue weighted by Gasteiger charge is -2.23. The van der Waals surface area contributed by atoms with Gasteiger partial charge in [0.2, 0.25) is 5.90 Å². The molecule has 10 heteroatoms. The number of hydrogen-bond acceptors (Lipinski definition) is 5. The maximum atomic E-state index is 11.6. The Hall–Kier alpha value is -1.68. The van der Waals surface area contributed by atoms with Gasteiger partial charge in [0, 0.05) is 21.4 Å². The van der Waals surface area contributed by atoms with Crippen molar-refractivity contribution in [2.75, 3.05) is 0 Å². The summed E-state index contributed by atoms with van der Waals surface area (Å²) in [6.45, 7) is 0. The number of benzene rings is 1. The summed E-state index contributed by atoms with van der Waals surface area (Å²) in [5.41, 5.74) is 1.46. The molecule has 1 unspecified atom stereocenters. The second-order valence-electron chi connectivity index (χ2n) is 5.49. The maximum Gasteiger partial charge on any atom is 0.241 e. The molecule has 1 aromatic carbocycles. The Labute approximate surface area is 182 Å². The molecular weight excluding hydrogens is 525 g/mol. The van der Waals surface area contributed by atoms with E-state index in [1.807, 2.05) is 0 Å². The highest BCUT2D eigenvalue weighted by molar-refractivity contribution is 14.1. The van der Waals surface area contributed by atoms with E-state index in [0.29, 0.717) is 39.1 Å². The first-order valence-corrected chi connectivity index (χ1v) is 9.75. The first-order chi connectivity index (χ1) is 13.0. The summed E-state index contributed by atoms with van der Waals surface area (Å²) < 4.78 is 8.09. The van der Waals surface area contributed by atoms with Crippen LogP contribution < -0.4 is 0 Å². The quantitative estimate of drug-likeness (QED) is 0.344. The molecule has 1 atom stereocenters. The molecular formula is C17H8Cl3IN4O2. The van der Waals surface area contributed by atoms with E-state index in [2.05, 4.69) is 37.7 Å². The summed E-state index contributed by atoms with van der Waals surface area (Å²) in [5, 5.41) is 5.19. The Morgan fingerprint density at radius 2 is 2.00 bits per heavy atom. The molecule has 4 rings (SSSR count). The smallest absolute Gasteiger partial charge is 0.241 e. The van der Waals surface area contributed by atoms with Crippen LogP contribution in [0.15, 0.2) is 41.5 Å². The fourth-order valence-corrected chi connectivity index (χ4v) is 4.13. The summed E-state index contributed by atoms with van der Waals surface area (Å²) in [6.07, 6.45) is 1.41. The molecule has 1 aliphatic heterocycles. The third kappa shape index (κ3) is 3.44. The Bertz CT molecular complexity index is 1100. The van der Waals surface area contributed by atoms with Gasteiger partial charge >= 0.3 is 0 Å². The van der Waals surface area contributed by atoms with E-state index < -0.39 is 6.10 Å². The standard InChI is InChI=1S/C17H8Cl3IN4O2/c18-10-2-1-3-22-16(10)25-12(6-14(20)24-25)17-23-15-9(13(7-26)27-17)4-8(21)5-11(15)19/h1-7,13H. The van der Waals surface area contributed by atoms with Crippen LogP contribution in [-0.4, -0.2) is 26.9 Å². The normalized spacial score (nSPS) is 15.7. The van der Waals surface area contributed by atoms with E-state index in [0.717, 1.165) is 3.57 Å². The van der Waals surface area contributed by atoms with Crippen LogP contribution in [0.5, 0.6) is 0 Å². The van der Waals surface area contributed by atoms with E-state index in [1.54, 1.807) is 36.5 Å². The summed E-state index contributed by atoms with van der Waals surface area (Å²) in [6, 6.07) is 8.50. The van der Waals surface area contributed by atoms with Gasteiger partial charge in [0.05, 0.1) is 15.7 Å². The summed E-state index contributed by atoms with van der Waals surface area (Å²) in [5.74, 6) is 0.498. The monoisotopic (exact) mass is 532 g/mol. The van der Waals surface area contributed by atoms with Crippen molar-refractivity contribution >= 4 is 75.3 Å². The van der Waals surface area contributed by atoms with Crippen LogP contribution in [0.1, 0.15) is 17.4 Å². The minimum absolute atomic E-state index is 0.142. The number of halogens is 4. The summed E-state index contributed by atoms with van der Waals surface area (Å²) in [4.78, 5) is 20.4. The van der Waals surface area contributed by atoms with Crippen LogP contribution in [-0.2, 0) is 9.53 Å². The molecule has 136 valence electrons. The minimum atomic E-state index is -0.860. The summed E-state index contributed by atoms with van der Waals surface area (Å²) >= 11 is 20.8. The van der Waals surface area contributed by atoms with Gasteiger partial charge < -0.3 is 4.74 Å². The Kier molecular flexibility index (Phi) is 5.11. The zero-order chi connectivity index (χ0) is 19.1. The van der Waals surface area contributed by atoms with Gasteiger partial charge in [0.25, 0.3) is 0 Å². The van der Waals surface area contributed by atoms with Crippen molar-refractivity contribution in [2.45, 2.75) is 6.10 Å². The molecule has 27 heavy (non-hydrogen) atoms. The highest BCUT2D eigenvalue weighted by Crippen LogP contribution is 2.40. The van der Waals surface area contributed by atoms with Crippen LogP contribution >= 0.6 is 57.4 Å². The number of pyridine rings is 1. The van der Waals surface area contributed by atoms with E-state index in [4.69, 9.17) is 39.5 Å². The van der Waals surface area contributed by atoms with Crippen molar-refractivity contribution in [2.24, 2.45) is 4.99 Å². The van der Waals surface area contributed by atoms with E-state index in [9.17, 15) is 4.79 Å². The predicted octanol–water partition coefficient (Wildman–Crippen LogP) is 5.18. The number of rotatable bonds is 3. The molecule has 1 aliphatic rings. The Balaban J connectivity index is 1.91. The van der Waals surface area contributed by atoms with Gasteiger partial charge in [-0.15, -0.1) is 0 Å². The van der Waals surface area contributed by atoms with Crippen molar-refractivity contribution in [1.29, 1.82) is 0 Å². The number of hydrogen-bond donors (Lipinski definition) is 0. The average molecular weight is 534 g/mol. The van der Waals surface area contributed by atoms with Crippen molar-refractivity contribution in [3.05, 3.63) is 66.6 Å². The zero-order valence-electron chi connectivity index (χ0n) is 13.2. The molecule has 6 nitrogen and oxygen atoms in total. The Morgan fingerprint density at radius 1 is 1.19 bits per heavy atom. The fourth-order valence-electron chi connectivity index (χ4n) is 2.65. The summed E-state index contributed by atoms with van der Waals surface area (Å²) in [7, 11) is 0. The maximum absolute atomic E-state index is 11.6. The molecule has 0 saturated heterocycles. The number of aromatic nitrogens is 3. The molecule has 0 aliphatic carbocycles. The number of nitrogens with zero attached hydrogens (tertiary/aromatic N) is 4. The molecule has 3 heterocycles. The topological polar surface area (TPSA) is 69.4 Å².